The van der Waals surface area contributed by atoms with Crippen LogP contribution in [0.15, 0.2) is 28.8 Å². The number of carbonyl (C=O) groups is 1. The molecule has 0 saturated heterocycles. The lowest BCUT2D eigenvalue weighted by molar-refractivity contribution is -0.130. The molecule has 0 atom stereocenters. The third-order valence-electron chi connectivity index (χ3n) is 3.91. The van der Waals surface area contributed by atoms with E-state index in [9.17, 15) is 4.79 Å². The molecule has 0 radical (unpaired) electrons. The average molecular weight is 316 g/mol. The van der Waals surface area contributed by atoms with Crippen molar-refractivity contribution in [2.75, 3.05) is 20.2 Å². The number of aryl methyl sites for hydroxylation is 3. The number of ether oxygens (including phenoxy) is 1. The third-order valence-corrected chi connectivity index (χ3v) is 3.91. The van der Waals surface area contributed by atoms with Crippen molar-refractivity contribution in [1.29, 1.82) is 0 Å². The van der Waals surface area contributed by atoms with Crippen molar-refractivity contribution in [3.63, 3.8) is 0 Å². The molecule has 0 aliphatic heterocycles. The summed E-state index contributed by atoms with van der Waals surface area (Å²) >= 11 is 0. The van der Waals surface area contributed by atoms with E-state index in [1.54, 1.807) is 11.9 Å². The lowest BCUT2D eigenvalue weighted by Gasteiger charge is -2.17. The Bertz CT molecular complexity index is 627. The lowest BCUT2D eigenvalue weighted by Crippen LogP contribution is -2.31. The van der Waals surface area contributed by atoms with Crippen LogP contribution in [0.2, 0.25) is 0 Å². The van der Waals surface area contributed by atoms with Crippen LogP contribution in [-0.4, -0.2) is 36.2 Å². The summed E-state index contributed by atoms with van der Waals surface area (Å²) in [5.74, 6) is 1.71. The zero-order valence-electron chi connectivity index (χ0n) is 14.3. The molecule has 0 N–H and O–H groups in total. The van der Waals surface area contributed by atoms with Crippen LogP contribution in [-0.2, 0) is 11.2 Å². The Hall–Kier alpha value is -2.30. The quantitative estimate of drug-likeness (QED) is 0.788. The second-order valence-electron chi connectivity index (χ2n) is 5.78. The maximum atomic E-state index is 12.2. The molecule has 2 rings (SSSR count). The van der Waals surface area contributed by atoms with E-state index < -0.39 is 0 Å². The topological polar surface area (TPSA) is 55.6 Å². The van der Waals surface area contributed by atoms with Crippen LogP contribution in [0, 0.1) is 20.8 Å². The predicted octanol–water partition coefficient (Wildman–Crippen LogP) is 3.07. The Morgan fingerprint density at radius 1 is 1.22 bits per heavy atom. The number of carbonyl (C=O) groups excluding carboxylic acids is 1. The molecule has 0 aliphatic rings. The van der Waals surface area contributed by atoms with Crippen LogP contribution in [0.5, 0.6) is 5.75 Å². The minimum absolute atomic E-state index is 0.0949. The van der Waals surface area contributed by atoms with Gasteiger partial charge in [0.25, 0.3) is 0 Å². The summed E-state index contributed by atoms with van der Waals surface area (Å²) in [5.41, 5.74) is 3.09. The van der Waals surface area contributed by atoms with Crippen molar-refractivity contribution in [1.82, 2.24) is 10.1 Å². The number of hydrogen-bond donors (Lipinski definition) is 0. The molecule has 1 aromatic heterocycles. The third kappa shape index (κ3) is 4.84. The number of rotatable bonds is 7. The molecule has 1 amide bonds. The minimum Gasteiger partial charge on any atom is -0.492 e. The van der Waals surface area contributed by atoms with Gasteiger partial charge in [-0.25, -0.2) is 0 Å². The molecule has 1 heterocycles. The van der Waals surface area contributed by atoms with E-state index in [-0.39, 0.29) is 5.91 Å². The highest BCUT2D eigenvalue weighted by atomic mass is 16.5. The first-order chi connectivity index (χ1) is 11.0. The van der Waals surface area contributed by atoms with Gasteiger partial charge < -0.3 is 14.2 Å². The molecular formula is C18H24N2O3. The summed E-state index contributed by atoms with van der Waals surface area (Å²) in [5, 5.41) is 3.91. The van der Waals surface area contributed by atoms with E-state index in [1.165, 1.54) is 5.56 Å². The van der Waals surface area contributed by atoms with E-state index in [0.717, 1.165) is 22.8 Å². The second kappa shape index (κ2) is 7.81. The van der Waals surface area contributed by atoms with Crippen molar-refractivity contribution in [3.05, 3.63) is 46.8 Å². The van der Waals surface area contributed by atoms with Gasteiger partial charge in [0.1, 0.15) is 18.1 Å². The normalized spacial score (nSPS) is 10.6. The molecule has 1 aromatic carbocycles. The van der Waals surface area contributed by atoms with Crippen LogP contribution in [0.1, 0.15) is 29.0 Å². The highest BCUT2D eigenvalue weighted by Gasteiger charge is 2.13. The van der Waals surface area contributed by atoms with Gasteiger partial charge in [-0.3, -0.25) is 4.79 Å². The summed E-state index contributed by atoms with van der Waals surface area (Å²) in [6, 6.07) is 7.89. The minimum atomic E-state index is 0.0949. The standard InChI is InChI=1S/C18H24N2O3/c1-13-5-7-16(8-6-13)22-12-11-20(4)18(21)10-9-17-14(2)19-23-15(17)3/h5-8H,9-12H2,1-4H3. The van der Waals surface area contributed by atoms with Gasteiger partial charge in [0.15, 0.2) is 0 Å². The fourth-order valence-electron chi connectivity index (χ4n) is 2.34. The molecule has 0 fully saturated rings. The summed E-state index contributed by atoms with van der Waals surface area (Å²) in [6.07, 6.45) is 1.10. The van der Waals surface area contributed by atoms with Gasteiger partial charge in [0, 0.05) is 19.0 Å². The van der Waals surface area contributed by atoms with E-state index >= 15 is 0 Å². The molecule has 0 unspecified atom stereocenters. The maximum absolute atomic E-state index is 12.2. The second-order valence-corrected chi connectivity index (χ2v) is 5.78. The Balaban J connectivity index is 1.73. The fourth-order valence-corrected chi connectivity index (χ4v) is 2.34. The highest BCUT2D eigenvalue weighted by Crippen LogP contribution is 2.15. The summed E-state index contributed by atoms with van der Waals surface area (Å²) in [7, 11) is 1.80. The van der Waals surface area contributed by atoms with E-state index in [1.807, 2.05) is 45.0 Å². The van der Waals surface area contributed by atoms with Crippen LogP contribution < -0.4 is 4.74 Å². The van der Waals surface area contributed by atoms with Gasteiger partial charge >= 0.3 is 0 Å². The van der Waals surface area contributed by atoms with Gasteiger partial charge in [-0.05, 0) is 39.3 Å². The first kappa shape index (κ1) is 17.1. The largest absolute Gasteiger partial charge is 0.492 e. The SMILES string of the molecule is Cc1ccc(OCCN(C)C(=O)CCc2c(C)noc2C)cc1. The smallest absolute Gasteiger partial charge is 0.222 e. The van der Waals surface area contributed by atoms with Gasteiger partial charge in [-0.1, -0.05) is 22.9 Å². The Kier molecular flexibility index (Phi) is 5.79. The molecular weight excluding hydrogens is 292 g/mol. The van der Waals surface area contributed by atoms with Gasteiger partial charge in [0.05, 0.1) is 12.2 Å². The Labute approximate surface area is 137 Å². The summed E-state index contributed by atoms with van der Waals surface area (Å²) in [4.78, 5) is 13.9. The van der Waals surface area contributed by atoms with Crippen LogP contribution in [0.25, 0.3) is 0 Å². The molecule has 5 nitrogen and oxygen atoms in total. The van der Waals surface area contributed by atoms with Crippen LogP contribution in [0.3, 0.4) is 0 Å². The van der Waals surface area contributed by atoms with Crippen molar-refractivity contribution < 1.29 is 14.1 Å². The number of nitrogens with zero attached hydrogens (tertiary/aromatic N) is 2. The number of likely N-dealkylation sites (N-methyl/N-ethyl adjacent to an activating group) is 1. The molecule has 0 spiro atoms. The van der Waals surface area contributed by atoms with Crippen molar-refractivity contribution >= 4 is 5.91 Å². The first-order valence-electron chi connectivity index (χ1n) is 7.82. The average Bonchev–Trinajstić information content (AvgIpc) is 2.85. The van der Waals surface area contributed by atoms with E-state index in [2.05, 4.69) is 5.16 Å². The van der Waals surface area contributed by atoms with Crippen molar-refractivity contribution in [2.24, 2.45) is 0 Å². The predicted molar refractivity (Wildman–Crippen MR) is 88.6 cm³/mol. The number of aromatic nitrogens is 1. The number of amides is 1. The summed E-state index contributed by atoms with van der Waals surface area (Å²) < 4.78 is 10.8. The van der Waals surface area contributed by atoms with Gasteiger partial charge in [-0.15, -0.1) is 0 Å². The van der Waals surface area contributed by atoms with Gasteiger partial charge in [0.2, 0.25) is 5.91 Å². The molecule has 0 bridgehead atoms. The fraction of sp³-hybridized carbons (Fsp3) is 0.444. The molecule has 0 saturated carbocycles. The van der Waals surface area contributed by atoms with Crippen LogP contribution >= 0.6 is 0 Å². The van der Waals surface area contributed by atoms with Crippen molar-refractivity contribution in [2.45, 2.75) is 33.6 Å². The molecule has 2 aromatic rings. The zero-order chi connectivity index (χ0) is 16.8. The van der Waals surface area contributed by atoms with E-state index in [0.29, 0.717) is 26.0 Å². The monoisotopic (exact) mass is 316 g/mol. The van der Waals surface area contributed by atoms with Gasteiger partial charge in [-0.2, -0.15) is 0 Å². The number of hydrogen-bond acceptors (Lipinski definition) is 4. The van der Waals surface area contributed by atoms with E-state index in [4.69, 9.17) is 9.26 Å². The number of benzene rings is 1. The highest BCUT2D eigenvalue weighted by molar-refractivity contribution is 5.76. The Morgan fingerprint density at radius 3 is 2.52 bits per heavy atom. The molecule has 5 heteroatoms. The first-order valence-corrected chi connectivity index (χ1v) is 7.82. The Morgan fingerprint density at radius 2 is 1.91 bits per heavy atom. The molecule has 0 aliphatic carbocycles. The summed E-state index contributed by atoms with van der Waals surface area (Å²) in [6.45, 7) is 6.86. The maximum Gasteiger partial charge on any atom is 0.222 e. The molecule has 23 heavy (non-hydrogen) atoms. The lowest BCUT2D eigenvalue weighted by atomic mass is 10.1. The molecule has 124 valence electrons. The zero-order valence-corrected chi connectivity index (χ0v) is 14.3. The van der Waals surface area contributed by atoms with Crippen molar-refractivity contribution in [3.8, 4) is 5.75 Å². The van der Waals surface area contributed by atoms with Crippen LogP contribution in [0.4, 0.5) is 0 Å².